The van der Waals surface area contributed by atoms with E-state index in [0.717, 1.165) is 10.1 Å². The molecule has 0 atom stereocenters. The van der Waals surface area contributed by atoms with Gasteiger partial charge >= 0.3 is 5.69 Å². The van der Waals surface area contributed by atoms with Crippen molar-refractivity contribution in [3.63, 3.8) is 0 Å². The van der Waals surface area contributed by atoms with Crippen LogP contribution in [0.25, 0.3) is 11.4 Å². The van der Waals surface area contributed by atoms with Crippen molar-refractivity contribution in [3.8, 4) is 11.4 Å². The Morgan fingerprint density at radius 3 is 2.79 bits per heavy atom. The van der Waals surface area contributed by atoms with E-state index in [1.165, 1.54) is 7.11 Å². The smallest absolute Gasteiger partial charge is 0.352 e. The summed E-state index contributed by atoms with van der Waals surface area (Å²) in [7, 11) is 1.51. The van der Waals surface area contributed by atoms with E-state index < -0.39 is 5.69 Å². The molecule has 3 heterocycles. The molecule has 2 aliphatic heterocycles. The van der Waals surface area contributed by atoms with Gasteiger partial charge < -0.3 is 9.30 Å². The molecule has 0 radical (unpaired) electrons. The molecule has 0 spiro atoms. The first-order valence-electron chi connectivity index (χ1n) is 7.29. The number of pyridine rings is 2. The highest BCUT2D eigenvalue weighted by atomic mass is 35.5. The topological polar surface area (TPSA) is 79.0 Å². The van der Waals surface area contributed by atoms with E-state index in [-0.39, 0.29) is 18.7 Å². The average Bonchev–Trinajstić information content (AvgIpc) is 2.57. The molecule has 0 aliphatic carbocycles. The minimum atomic E-state index is -0.585. The van der Waals surface area contributed by atoms with Crippen molar-refractivity contribution in [2.45, 2.75) is 13.1 Å². The lowest BCUT2D eigenvalue weighted by molar-refractivity contribution is 0.185. The van der Waals surface area contributed by atoms with Crippen LogP contribution in [0.1, 0.15) is 5.56 Å². The second kappa shape index (κ2) is 6.94. The third-order valence-corrected chi connectivity index (χ3v) is 3.83. The molecular formula is C16H15ClN4O3. The Bertz CT molecular complexity index is 933. The van der Waals surface area contributed by atoms with Gasteiger partial charge in [0.25, 0.3) is 5.56 Å². The van der Waals surface area contributed by atoms with E-state index in [4.69, 9.17) is 16.3 Å². The van der Waals surface area contributed by atoms with Crippen molar-refractivity contribution in [2.75, 3.05) is 13.7 Å². The summed E-state index contributed by atoms with van der Waals surface area (Å²) in [4.78, 5) is 32.8. The first-order valence-corrected chi connectivity index (χ1v) is 7.67. The minimum Gasteiger partial charge on any atom is -0.383 e. The second-order valence-electron chi connectivity index (χ2n) is 5.21. The van der Waals surface area contributed by atoms with E-state index in [1.807, 2.05) is 6.07 Å². The lowest BCUT2D eigenvalue weighted by Gasteiger charge is -2.15. The fourth-order valence-electron chi connectivity index (χ4n) is 2.42. The first kappa shape index (κ1) is 16.4. The zero-order valence-electron chi connectivity index (χ0n) is 13.0. The van der Waals surface area contributed by atoms with Crippen LogP contribution in [0.5, 0.6) is 0 Å². The van der Waals surface area contributed by atoms with Gasteiger partial charge in [0.15, 0.2) is 5.82 Å². The molecule has 24 heavy (non-hydrogen) atoms. The molecule has 0 saturated heterocycles. The Labute approximate surface area is 142 Å². The van der Waals surface area contributed by atoms with Crippen LogP contribution in [0.4, 0.5) is 0 Å². The Morgan fingerprint density at radius 2 is 2.08 bits per heavy atom. The zero-order valence-corrected chi connectivity index (χ0v) is 13.7. The predicted octanol–water partition coefficient (Wildman–Crippen LogP) is 1.25. The van der Waals surface area contributed by atoms with Gasteiger partial charge in [0.2, 0.25) is 0 Å². The van der Waals surface area contributed by atoms with Crippen LogP contribution in [0.15, 0.2) is 46.2 Å². The van der Waals surface area contributed by atoms with Gasteiger partial charge in [-0.3, -0.25) is 9.36 Å². The number of rotatable bonds is 5. The van der Waals surface area contributed by atoms with Crippen LogP contribution in [0, 0.1) is 0 Å². The molecule has 0 amide bonds. The van der Waals surface area contributed by atoms with Crippen molar-refractivity contribution in [1.29, 1.82) is 0 Å². The van der Waals surface area contributed by atoms with E-state index in [2.05, 4.69) is 9.97 Å². The maximum Gasteiger partial charge on any atom is 0.352 e. The zero-order chi connectivity index (χ0) is 17.1. The Hall–Kier alpha value is -2.51. The number of fused-ring (bicyclic) bond motifs is 1. The maximum atomic E-state index is 12.5. The molecule has 1 aromatic heterocycles. The van der Waals surface area contributed by atoms with Crippen LogP contribution < -0.4 is 11.2 Å². The lowest BCUT2D eigenvalue weighted by atomic mass is 10.2. The van der Waals surface area contributed by atoms with Crippen LogP contribution in [0.3, 0.4) is 0 Å². The molecule has 1 aromatic rings. The van der Waals surface area contributed by atoms with Crippen LogP contribution in [-0.2, 0) is 17.8 Å². The molecule has 8 heteroatoms. The van der Waals surface area contributed by atoms with E-state index >= 15 is 0 Å². The molecule has 0 N–H and O–H groups in total. The summed E-state index contributed by atoms with van der Waals surface area (Å²) in [5.74, 6) is 0.344. The van der Waals surface area contributed by atoms with Gasteiger partial charge in [-0.25, -0.2) is 9.78 Å². The average molecular weight is 347 g/mol. The quantitative estimate of drug-likeness (QED) is 0.650. The third-order valence-electron chi connectivity index (χ3n) is 3.61. The predicted molar refractivity (Wildman–Crippen MR) is 89.6 cm³/mol. The van der Waals surface area contributed by atoms with Crippen LogP contribution >= 0.6 is 11.6 Å². The Morgan fingerprint density at radius 1 is 1.25 bits per heavy atom. The molecule has 124 valence electrons. The van der Waals surface area contributed by atoms with Gasteiger partial charge in [-0.1, -0.05) is 17.7 Å². The van der Waals surface area contributed by atoms with Gasteiger partial charge in [0.05, 0.1) is 25.3 Å². The second-order valence-corrected chi connectivity index (χ2v) is 5.59. The standard InChI is InChI=1S/C16H15ClN4O3/c1-24-8-7-21-15(22)12-3-2-6-20(14(12)19-16(21)23)10-11-4-5-13(17)18-9-11/h2-6,9H,7-8,10H2,1H3. The highest BCUT2D eigenvalue weighted by Gasteiger charge is 2.16. The maximum absolute atomic E-state index is 12.5. The summed E-state index contributed by atoms with van der Waals surface area (Å²) in [5, 5.41) is 0.405. The number of methoxy groups -OCH3 is 1. The molecular weight excluding hydrogens is 332 g/mol. The number of nitrogens with zero attached hydrogens (tertiary/aromatic N) is 4. The number of ether oxygens (including phenoxy) is 1. The summed E-state index contributed by atoms with van der Waals surface area (Å²) in [6.07, 6.45) is 3.41. The Balaban J connectivity index is 2.06. The number of halogens is 1. The monoisotopic (exact) mass is 346 g/mol. The molecule has 2 aliphatic rings. The van der Waals surface area contributed by atoms with Crippen molar-refractivity contribution in [3.05, 3.63) is 68.2 Å². The van der Waals surface area contributed by atoms with Crippen LogP contribution in [0.2, 0.25) is 5.15 Å². The molecule has 0 unspecified atom stereocenters. The van der Waals surface area contributed by atoms with Gasteiger partial charge in [-0.2, -0.15) is 4.98 Å². The normalized spacial score (nSPS) is 11.1. The third kappa shape index (κ3) is 3.22. The summed E-state index contributed by atoms with van der Waals surface area (Å²) in [6, 6.07) is 6.93. The Kier molecular flexibility index (Phi) is 4.73. The molecule has 3 rings (SSSR count). The lowest BCUT2D eigenvalue weighted by Crippen LogP contribution is -2.38. The largest absolute Gasteiger partial charge is 0.383 e. The summed E-state index contributed by atoms with van der Waals surface area (Å²) in [6.45, 7) is 0.869. The number of hydrogen-bond donors (Lipinski definition) is 0. The summed E-state index contributed by atoms with van der Waals surface area (Å²) in [5.41, 5.74) is 0.314. The SMILES string of the molecule is COCCn1c(=O)nc2n(Cc3ccc(Cl)nc3)cccc-2c1=O. The van der Waals surface area contributed by atoms with Crippen molar-refractivity contribution in [2.24, 2.45) is 0 Å². The fourth-order valence-corrected chi connectivity index (χ4v) is 2.53. The van der Waals surface area contributed by atoms with Gasteiger partial charge in [0.1, 0.15) is 5.15 Å². The fraction of sp³-hybridized carbons (Fsp3) is 0.250. The highest BCUT2D eigenvalue weighted by Crippen LogP contribution is 2.15. The van der Waals surface area contributed by atoms with Crippen molar-refractivity contribution < 1.29 is 4.74 Å². The molecule has 0 saturated carbocycles. The molecule has 0 aromatic carbocycles. The molecule has 7 nitrogen and oxygen atoms in total. The minimum absolute atomic E-state index is 0.174. The first-order chi connectivity index (χ1) is 11.6. The number of aromatic nitrogens is 4. The molecule has 0 fully saturated rings. The van der Waals surface area contributed by atoms with Crippen molar-refractivity contribution >= 4 is 11.6 Å². The van der Waals surface area contributed by atoms with E-state index in [9.17, 15) is 9.59 Å². The van der Waals surface area contributed by atoms with Crippen molar-refractivity contribution in [1.82, 2.24) is 19.1 Å². The highest BCUT2D eigenvalue weighted by molar-refractivity contribution is 6.29. The van der Waals surface area contributed by atoms with E-state index in [1.54, 1.807) is 35.2 Å². The number of hydrogen-bond acceptors (Lipinski definition) is 5. The summed E-state index contributed by atoms with van der Waals surface area (Å²) < 4.78 is 7.75. The molecule has 0 bridgehead atoms. The van der Waals surface area contributed by atoms with E-state index in [0.29, 0.717) is 23.1 Å². The van der Waals surface area contributed by atoms with Crippen LogP contribution in [-0.4, -0.2) is 32.8 Å². The summed E-state index contributed by atoms with van der Waals surface area (Å²) >= 11 is 5.78. The van der Waals surface area contributed by atoms with Gasteiger partial charge in [0, 0.05) is 19.5 Å². The van der Waals surface area contributed by atoms with Gasteiger partial charge in [-0.05, 0) is 23.8 Å². The van der Waals surface area contributed by atoms with Gasteiger partial charge in [-0.15, -0.1) is 0 Å².